The van der Waals surface area contributed by atoms with Crippen molar-refractivity contribution >= 4 is 0 Å². The fourth-order valence-corrected chi connectivity index (χ4v) is 1.27. The van der Waals surface area contributed by atoms with E-state index in [4.69, 9.17) is 9.47 Å². The molecule has 0 radical (unpaired) electrons. The monoisotopic (exact) mass is 213 g/mol. The zero-order chi connectivity index (χ0) is 11.3. The molecule has 0 fully saturated rings. The third-order valence-corrected chi connectivity index (χ3v) is 2.21. The van der Waals surface area contributed by atoms with Crippen molar-refractivity contribution in [2.45, 2.75) is 13.0 Å². The van der Waals surface area contributed by atoms with Crippen molar-refractivity contribution in [3.05, 3.63) is 29.6 Å². The fourth-order valence-electron chi connectivity index (χ4n) is 1.27. The van der Waals surface area contributed by atoms with E-state index in [0.717, 1.165) is 5.56 Å². The van der Waals surface area contributed by atoms with Crippen molar-refractivity contribution < 1.29 is 13.9 Å². The first-order chi connectivity index (χ1) is 7.19. The lowest BCUT2D eigenvalue weighted by Crippen LogP contribution is -2.14. The van der Waals surface area contributed by atoms with Crippen molar-refractivity contribution in [3.63, 3.8) is 0 Å². The van der Waals surface area contributed by atoms with Crippen LogP contribution >= 0.6 is 0 Å². The number of methoxy groups -OCH3 is 1. The SMILES string of the molecule is CNC(C)c1ccc(F)cc1OCOC. The van der Waals surface area contributed by atoms with Crippen molar-refractivity contribution in [3.8, 4) is 5.75 Å². The summed E-state index contributed by atoms with van der Waals surface area (Å²) in [5, 5.41) is 3.07. The number of hydrogen-bond acceptors (Lipinski definition) is 3. The van der Waals surface area contributed by atoms with Gasteiger partial charge in [0, 0.05) is 24.8 Å². The summed E-state index contributed by atoms with van der Waals surface area (Å²) in [5.41, 5.74) is 0.913. The molecule has 0 bridgehead atoms. The minimum Gasteiger partial charge on any atom is -0.467 e. The van der Waals surface area contributed by atoms with Gasteiger partial charge in [-0.2, -0.15) is 0 Å². The van der Waals surface area contributed by atoms with Crippen molar-refractivity contribution in [1.82, 2.24) is 5.32 Å². The van der Waals surface area contributed by atoms with Gasteiger partial charge in [-0.25, -0.2) is 4.39 Å². The Morgan fingerprint density at radius 2 is 2.20 bits per heavy atom. The van der Waals surface area contributed by atoms with Crippen LogP contribution in [0.4, 0.5) is 4.39 Å². The summed E-state index contributed by atoms with van der Waals surface area (Å²) in [6.45, 7) is 2.10. The van der Waals surface area contributed by atoms with Crippen LogP contribution in [0, 0.1) is 5.82 Å². The van der Waals surface area contributed by atoms with E-state index in [0.29, 0.717) is 5.75 Å². The second-order valence-electron chi connectivity index (χ2n) is 3.24. The van der Waals surface area contributed by atoms with Crippen LogP contribution in [0.5, 0.6) is 5.75 Å². The highest BCUT2D eigenvalue weighted by molar-refractivity contribution is 5.36. The molecule has 84 valence electrons. The zero-order valence-electron chi connectivity index (χ0n) is 9.21. The van der Waals surface area contributed by atoms with Gasteiger partial charge in [0.2, 0.25) is 0 Å². The molecule has 0 amide bonds. The number of nitrogens with one attached hydrogen (secondary N) is 1. The quantitative estimate of drug-likeness (QED) is 0.760. The molecule has 15 heavy (non-hydrogen) atoms. The predicted octanol–water partition coefficient (Wildman–Crippen LogP) is 2.09. The Hall–Kier alpha value is -1.13. The van der Waals surface area contributed by atoms with Crippen molar-refractivity contribution in [1.29, 1.82) is 0 Å². The predicted molar refractivity (Wildman–Crippen MR) is 56.4 cm³/mol. The van der Waals surface area contributed by atoms with Gasteiger partial charge in [0.05, 0.1) is 0 Å². The van der Waals surface area contributed by atoms with Crippen LogP contribution in [-0.4, -0.2) is 21.0 Å². The molecule has 1 N–H and O–H groups in total. The highest BCUT2D eigenvalue weighted by Crippen LogP contribution is 2.25. The first-order valence-corrected chi connectivity index (χ1v) is 4.77. The summed E-state index contributed by atoms with van der Waals surface area (Å²) in [5.74, 6) is 0.201. The van der Waals surface area contributed by atoms with E-state index in [1.165, 1.54) is 19.2 Å². The second kappa shape index (κ2) is 5.68. The minimum atomic E-state index is -0.312. The van der Waals surface area contributed by atoms with Gasteiger partial charge in [-0.15, -0.1) is 0 Å². The molecule has 0 saturated carbocycles. The number of halogens is 1. The highest BCUT2D eigenvalue weighted by Gasteiger charge is 2.10. The Balaban J connectivity index is 2.92. The van der Waals surface area contributed by atoms with E-state index in [1.807, 2.05) is 14.0 Å². The number of rotatable bonds is 5. The third-order valence-electron chi connectivity index (χ3n) is 2.21. The van der Waals surface area contributed by atoms with Gasteiger partial charge < -0.3 is 14.8 Å². The largest absolute Gasteiger partial charge is 0.467 e. The zero-order valence-corrected chi connectivity index (χ0v) is 9.21. The lowest BCUT2D eigenvalue weighted by atomic mass is 10.1. The molecule has 1 atom stereocenters. The Kier molecular flexibility index (Phi) is 4.52. The molecule has 0 saturated heterocycles. The molecule has 0 aliphatic rings. The maximum atomic E-state index is 13.0. The van der Waals surface area contributed by atoms with Gasteiger partial charge in [0.15, 0.2) is 6.79 Å². The van der Waals surface area contributed by atoms with E-state index >= 15 is 0 Å². The topological polar surface area (TPSA) is 30.5 Å². The second-order valence-corrected chi connectivity index (χ2v) is 3.24. The van der Waals surface area contributed by atoms with E-state index in [2.05, 4.69) is 5.32 Å². The molecular formula is C11H16FNO2. The van der Waals surface area contributed by atoms with Crippen molar-refractivity contribution in [2.24, 2.45) is 0 Å². The van der Waals surface area contributed by atoms with Crippen LogP contribution in [0.3, 0.4) is 0 Å². The molecule has 0 aliphatic heterocycles. The molecule has 1 unspecified atom stereocenters. The smallest absolute Gasteiger partial charge is 0.188 e. The molecule has 4 heteroatoms. The number of ether oxygens (including phenoxy) is 2. The van der Waals surface area contributed by atoms with E-state index < -0.39 is 0 Å². The van der Waals surface area contributed by atoms with E-state index in [1.54, 1.807) is 6.07 Å². The van der Waals surface area contributed by atoms with Crippen LogP contribution in [0.2, 0.25) is 0 Å². The summed E-state index contributed by atoms with van der Waals surface area (Å²) < 4.78 is 23.1. The summed E-state index contributed by atoms with van der Waals surface area (Å²) in [6.07, 6.45) is 0. The lowest BCUT2D eigenvalue weighted by Gasteiger charge is -2.16. The molecule has 0 aromatic heterocycles. The summed E-state index contributed by atoms with van der Waals surface area (Å²) in [6, 6.07) is 4.60. The number of benzene rings is 1. The Morgan fingerprint density at radius 3 is 2.80 bits per heavy atom. The van der Waals surface area contributed by atoms with Gasteiger partial charge in [0.1, 0.15) is 11.6 Å². The first kappa shape index (κ1) is 11.9. The Bertz CT molecular complexity index is 317. The number of hydrogen-bond donors (Lipinski definition) is 1. The summed E-state index contributed by atoms with van der Waals surface area (Å²) in [7, 11) is 3.37. The Labute approximate surface area is 89.2 Å². The van der Waals surface area contributed by atoms with Crippen LogP contribution in [-0.2, 0) is 4.74 Å². The third kappa shape index (κ3) is 3.18. The molecule has 1 rings (SSSR count). The van der Waals surface area contributed by atoms with Crippen LogP contribution in [0.15, 0.2) is 18.2 Å². The van der Waals surface area contributed by atoms with Gasteiger partial charge in [-0.05, 0) is 20.0 Å². The summed E-state index contributed by atoms with van der Waals surface area (Å²) >= 11 is 0. The van der Waals surface area contributed by atoms with Gasteiger partial charge >= 0.3 is 0 Å². The standard InChI is InChI=1S/C11H16FNO2/c1-8(13-2)10-5-4-9(12)6-11(10)15-7-14-3/h4-6,8,13H,7H2,1-3H3. The molecule has 1 aromatic rings. The average Bonchev–Trinajstić information content (AvgIpc) is 2.25. The maximum absolute atomic E-state index is 13.0. The average molecular weight is 213 g/mol. The molecular weight excluding hydrogens is 197 g/mol. The van der Waals surface area contributed by atoms with Gasteiger partial charge in [0.25, 0.3) is 0 Å². The molecule has 3 nitrogen and oxygen atoms in total. The van der Waals surface area contributed by atoms with Crippen LogP contribution in [0.1, 0.15) is 18.5 Å². The van der Waals surface area contributed by atoms with Crippen LogP contribution in [0.25, 0.3) is 0 Å². The van der Waals surface area contributed by atoms with Gasteiger partial charge in [-0.3, -0.25) is 0 Å². The molecule has 0 spiro atoms. The molecule has 0 aliphatic carbocycles. The van der Waals surface area contributed by atoms with E-state index in [9.17, 15) is 4.39 Å². The Morgan fingerprint density at radius 1 is 1.47 bits per heavy atom. The van der Waals surface area contributed by atoms with Gasteiger partial charge in [-0.1, -0.05) is 6.07 Å². The maximum Gasteiger partial charge on any atom is 0.188 e. The highest BCUT2D eigenvalue weighted by atomic mass is 19.1. The first-order valence-electron chi connectivity index (χ1n) is 4.77. The molecule has 1 aromatic carbocycles. The van der Waals surface area contributed by atoms with Crippen molar-refractivity contribution in [2.75, 3.05) is 21.0 Å². The minimum absolute atomic E-state index is 0.109. The van der Waals surface area contributed by atoms with E-state index in [-0.39, 0.29) is 18.7 Å². The fraction of sp³-hybridized carbons (Fsp3) is 0.455. The normalized spacial score (nSPS) is 12.5. The lowest BCUT2D eigenvalue weighted by molar-refractivity contribution is 0.0499. The molecule has 0 heterocycles. The summed E-state index contributed by atoms with van der Waals surface area (Å²) in [4.78, 5) is 0. The van der Waals surface area contributed by atoms with Crippen LogP contribution < -0.4 is 10.1 Å².